The summed E-state index contributed by atoms with van der Waals surface area (Å²) in [6.45, 7) is 2.64. The highest BCUT2D eigenvalue weighted by molar-refractivity contribution is 7.99. The lowest BCUT2D eigenvalue weighted by molar-refractivity contribution is -0.113. The lowest BCUT2D eigenvalue weighted by Crippen LogP contribution is -2.14. The largest absolute Gasteiger partial charge is 0.496 e. The molecule has 4 aromatic rings. The van der Waals surface area contributed by atoms with Crippen LogP contribution < -0.4 is 10.1 Å². The van der Waals surface area contributed by atoms with Crippen LogP contribution in [0.2, 0.25) is 0 Å². The zero-order chi connectivity index (χ0) is 21.1. The van der Waals surface area contributed by atoms with Crippen molar-refractivity contribution in [2.45, 2.75) is 18.6 Å². The molecule has 0 radical (unpaired) electrons. The number of carbonyl (C=O) groups excluding carboxylic acids is 1. The molecule has 0 aliphatic carbocycles. The maximum atomic E-state index is 13.3. The summed E-state index contributed by atoms with van der Waals surface area (Å²) in [6.07, 6.45) is 0. The Bertz CT molecular complexity index is 1210. The summed E-state index contributed by atoms with van der Waals surface area (Å²) >= 11 is 2.53. The molecule has 0 bridgehead atoms. The van der Waals surface area contributed by atoms with E-state index in [4.69, 9.17) is 4.74 Å². The predicted octanol–water partition coefficient (Wildman–Crippen LogP) is 4.45. The molecule has 2 aromatic heterocycles. The molecule has 0 atom stereocenters. The summed E-state index contributed by atoms with van der Waals surface area (Å²) in [4.78, 5) is 16.7. The Morgan fingerprint density at radius 1 is 1.27 bits per heavy atom. The van der Waals surface area contributed by atoms with Gasteiger partial charge in [0.15, 0.2) is 16.1 Å². The van der Waals surface area contributed by atoms with Crippen molar-refractivity contribution < 1.29 is 13.9 Å². The molecule has 0 spiro atoms. The zero-order valence-corrected chi connectivity index (χ0v) is 17.9. The summed E-state index contributed by atoms with van der Waals surface area (Å²) in [7, 11) is 1.61. The summed E-state index contributed by atoms with van der Waals surface area (Å²) in [5.74, 6) is 0.995. The number of anilines is 1. The number of nitrogens with one attached hydrogen (secondary N) is 1. The van der Waals surface area contributed by atoms with Gasteiger partial charge in [0.1, 0.15) is 11.6 Å². The van der Waals surface area contributed by atoms with Gasteiger partial charge in [-0.25, -0.2) is 9.37 Å². The maximum Gasteiger partial charge on any atom is 0.236 e. The number of para-hydroxylation sites is 1. The van der Waals surface area contributed by atoms with E-state index in [0.29, 0.717) is 38.6 Å². The molecule has 0 fully saturated rings. The van der Waals surface area contributed by atoms with E-state index in [9.17, 15) is 9.18 Å². The van der Waals surface area contributed by atoms with Crippen LogP contribution in [0.3, 0.4) is 0 Å². The van der Waals surface area contributed by atoms with Gasteiger partial charge in [-0.2, -0.15) is 0 Å². The average molecular weight is 444 g/mol. The van der Waals surface area contributed by atoms with Gasteiger partial charge in [0.2, 0.25) is 5.91 Å². The van der Waals surface area contributed by atoms with Gasteiger partial charge in [0.25, 0.3) is 0 Å². The van der Waals surface area contributed by atoms with E-state index in [1.165, 1.54) is 35.2 Å². The number of carbonyl (C=O) groups is 1. The molecular weight excluding hydrogens is 425 g/mol. The number of thioether (sulfide) groups is 1. The monoisotopic (exact) mass is 443 g/mol. The molecule has 0 aliphatic heterocycles. The Morgan fingerprint density at radius 2 is 2.10 bits per heavy atom. The summed E-state index contributed by atoms with van der Waals surface area (Å²) < 4.78 is 21.4. The number of fused-ring (bicyclic) bond motifs is 1. The van der Waals surface area contributed by atoms with Crippen LogP contribution in [-0.4, -0.2) is 38.5 Å². The highest BCUT2D eigenvalue weighted by atomic mass is 32.2. The first-order valence-corrected chi connectivity index (χ1v) is 10.9. The van der Waals surface area contributed by atoms with Gasteiger partial charge in [0, 0.05) is 6.54 Å². The molecule has 7 nitrogen and oxygen atoms in total. The van der Waals surface area contributed by atoms with Crippen molar-refractivity contribution in [1.82, 2.24) is 19.7 Å². The normalized spacial score (nSPS) is 11.0. The minimum Gasteiger partial charge on any atom is -0.496 e. The van der Waals surface area contributed by atoms with Gasteiger partial charge < -0.3 is 14.6 Å². The second-order valence-corrected chi connectivity index (χ2v) is 8.19. The molecule has 1 amide bonds. The van der Waals surface area contributed by atoms with Crippen molar-refractivity contribution in [2.24, 2.45) is 0 Å². The fourth-order valence-electron chi connectivity index (χ4n) is 2.95. The summed E-state index contributed by atoms with van der Waals surface area (Å²) in [5.41, 5.74) is 1.49. The van der Waals surface area contributed by atoms with Crippen LogP contribution in [-0.2, 0) is 11.3 Å². The molecule has 0 unspecified atom stereocenters. The number of ether oxygens (including phenoxy) is 1. The third-order valence-electron chi connectivity index (χ3n) is 4.31. The Balaban J connectivity index is 1.46. The summed E-state index contributed by atoms with van der Waals surface area (Å²) in [6, 6.07) is 11.9. The lowest BCUT2D eigenvalue weighted by atomic mass is 10.2. The molecule has 10 heteroatoms. The van der Waals surface area contributed by atoms with E-state index in [0.717, 1.165) is 5.56 Å². The number of thiazole rings is 1. The van der Waals surface area contributed by atoms with Gasteiger partial charge >= 0.3 is 0 Å². The Hall–Kier alpha value is -2.98. The van der Waals surface area contributed by atoms with Gasteiger partial charge in [-0.15, -0.1) is 10.2 Å². The van der Waals surface area contributed by atoms with E-state index in [1.807, 2.05) is 35.8 Å². The number of halogens is 1. The van der Waals surface area contributed by atoms with Crippen molar-refractivity contribution in [3.05, 3.63) is 48.3 Å². The van der Waals surface area contributed by atoms with Crippen molar-refractivity contribution in [1.29, 1.82) is 0 Å². The van der Waals surface area contributed by atoms with Crippen molar-refractivity contribution in [3.63, 3.8) is 0 Å². The summed E-state index contributed by atoms with van der Waals surface area (Å²) in [5, 5.41) is 12.4. The van der Waals surface area contributed by atoms with Gasteiger partial charge in [0.05, 0.1) is 28.6 Å². The molecular formula is C20H18FN5O2S2. The van der Waals surface area contributed by atoms with E-state index >= 15 is 0 Å². The first-order chi connectivity index (χ1) is 14.6. The molecule has 30 heavy (non-hydrogen) atoms. The lowest BCUT2D eigenvalue weighted by Gasteiger charge is -2.10. The van der Waals surface area contributed by atoms with E-state index in [1.54, 1.807) is 13.2 Å². The molecule has 0 saturated carbocycles. The first-order valence-electron chi connectivity index (χ1n) is 9.14. The van der Waals surface area contributed by atoms with Gasteiger partial charge in [-0.1, -0.05) is 35.2 Å². The Morgan fingerprint density at radius 3 is 2.90 bits per heavy atom. The molecule has 2 aromatic carbocycles. The zero-order valence-electron chi connectivity index (χ0n) is 16.3. The number of hydrogen-bond acceptors (Lipinski definition) is 7. The topological polar surface area (TPSA) is 81.9 Å². The van der Waals surface area contributed by atoms with Crippen LogP contribution in [0.4, 0.5) is 9.52 Å². The number of aromatic nitrogens is 4. The molecule has 0 aliphatic rings. The van der Waals surface area contributed by atoms with Crippen molar-refractivity contribution >= 4 is 44.4 Å². The number of nitrogens with zero attached hydrogens (tertiary/aromatic N) is 4. The Kier molecular flexibility index (Phi) is 5.96. The van der Waals surface area contributed by atoms with E-state index < -0.39 is 0 Å². The van der Waals surface area contributed by atoms with Crippen molar-refractivity contribution in [3.8, 4) is 17.1 Å². The van der Waals surface area contributed by atoms with E-state index in [-0.39, 0.29) is 17.5 Å². The Labute approximate surface area is 180 Å². The molecule has 2 heterocycles. The third-order valence-corrected chi connectivity index (χ3v) is 6.21. The number of methoxy groups -OCH3 is 1. The fraction of sp³-hybridized carbons (Fsp3) is 0.200. The van der Waals surface area contributed by atoms with Crippen LogP contribution >= 0.6 is 23.1 Å². The van der Waals surface area contributed by atoms with Crippen LogP contribution in [0.5, 0.6) is 5.75 Å². The van der Waals surface area contributed by atoms with Crippen LogP contribution in [0.1, 0.15) is 6.92 Å². The minimum absolute atomic E-state index is 0.147. The average Bonchev–Trinajstić information content (AvgIpc) is 3.34. The smallest absolute Gasteiger partial charge is 0.236 e. The second-order valence-electron chi connectivity index (χ2n) is 6.22. The molecule has 1 N–H and O–H groups in total. The van der Waals surface area contributed by atoms with Crippen LogP contribution in [0.25, 0.3) is 21.6 Å². The van der Waals surface area contributed by atoms with Crippen molar-refractivity contribution in [2.75, 3.05) is 18.2 Å². The minimum atomic E-state index is -0.329. The number of hydrogen-bond donors (Lipinski definition) is 1. The SMILES string of the molecule is CCn1c(SCC(=O)Nc2nc3ccc(F)cc3s2)nnc1-c1ccccc1OC. The highest BCUT2D eigenvalue weighted by Crippen LogP contribution is 2.31. The molecule has 4 rings (SSSR count). The van der Waals surface area contributed by atoms with Gasteiger partial charge in [-0.05, 0) is 37.3 Å². The number of benzene rings is 2. The fourth-order valence-corrected chi connectivity index (χ4v) is 4.66. The predicted molar refractivity (Wildman–Crippen MR) is 117 cm³/mol. The number of amides is 1. The van der Waals surface area contributed by atoms with Crippen LogP contribution in [0, 0.1) is 5.82 Å². The second kappa shape index (κ2) is 8.80. The highest BCUT2D eigenvalue weighted by Gasteiger charge is 2.17. The third kappa shape index (κ3) is 4.14. The first kappa shape index (κ1) is 20.3. The maximum absolute atomic E-state index is 13.3. The van der Waals surface area contributed by atoms with E-state index in [2.05, 4.69) is 20.5 Å². The molecule has 0 saturated heterocycles. The van der Waals surface area contributed by atoms with Crippen LogP contribution in [0.15, 0.2) is 47.6 Å². The standard InChI is InChI=1S/C20H18FN5O2S2/c1-3-26-18(13-6-4-5-7-15(13)28-2)24-25-20(26)29-11-17(27)23-19-22-14-9-8-12(21)10-16(14)30-19/h4-10H,3,11H2,1-2H3,(H,22,23,27). The van der Waals surface area contributed by atoms with Gasteiger partial charge in [-0.3, -0.25) is 4.79 Å². The number of rotatable bonds is 7. The molecule has 154 valence electrons. The quantitative estimate of drug-likeness (QED) is 0.425.